The standard InChI is InChI=1S/CBrI3S/c2-6-1(3,4)5. The van der Waals surface area contributed by atoms with Gasteiger partial charge in [0, 0.05) is 0 Å². The van der Waals surface area contributed by atoms with Gasteiger partial charge in [-0.15, -0.1) is 0 Å². The van der Waals surface area contributed by atoms with Crippen molar-refractivity contribution < 1.29 is 0 Å². The van der Waals surface area contributed by atoms with Crippen molar-refractivity contribution in [2.24, 2.45) is 0 Å². The third-order valence-corrected chi connectivity index (χ3v) is 9.15. The molecule has 0 nitrogen and oxygen atoms in total. The first-order chi connectivity index (χ1) is 2.56. The van der Waals surface area contributed by atoms with Crippen LogP contribution >= 0.6 is 92.8 Å². The topological polar surface area (TPSA) is 0 Å². The van der Waals surface area contributed by atoms with Crippen molar-refractivity contribution in [1.82, 2.24) is 0 Å². The predicted octanol–water partition coefficient (Wildman–Crippen LogP) is 3.95. The van der Waals surface area contributed by atoms with Crippen molar-refractivity contribution in [1.29, 1.82) is 0 Å². The van der Waals surface area contributed by atoms with E-state index >= 15 is 0 Å². The van der Waals surface area contributed by atoms with Gasteiger partial charge in [0.15, 0.2) is -1.23 Å². The number of alkyl halides is 3. The fraction of sp³-hybridized carbons (Fsp3) is 1.00. The van der Waals surface area contributed by atoms with Crippen LogP contribution in [0.2, 0.25) is 0 Å². The summed E-state index contributed by atoms with van der Waals surface area (Å²) in [5, 5.41) is 0. The minimum atomic E-state index is 0.285. The van der Waals surface area contributed by atoms with E-state index in [1.54, 1.807) is 10.2 Å². The van der Waals surface area contributed by atoms with Crippen molar-refractivity contribution in [3.63, 3.8) is 0 Å². The van der Waals surface area contributed by atoms with Crippen LogP contribution in [-0.4, -0.2) is -1.23 Å². The first-order valence-corrected chi connectivity index (χ1v) is 6.82. The quantitative estimate of drug-likeness (QED) is 0.385. The Hall–Kier alpha value is 3.02. The molecule has 0 aromatic rings. The molecule has 6 heavy (non-hydrogen) atoms. The summed E-state index contributed by atoms with van der Waals surface area (Å²) >= 11 is 10.3. The molecule has 0 amide bonds. The van der Waals surface area contributed by atoms with Crippen LogP contribution < -0.4 is 0 Å². The highest BCUT2D eigenvalue weighted by atomic mass is 127. The van der Waals surface area contributed by atoms with Crippen molar-refractivity contribution in [3.8, 4) is 0 Å². The summed E-state index contributed by atoms with van der Waals surface area (Å²) in [6, 6.07) is 0. The summed E-state index contributed by atoms with van der Waals surface area (Å²) in [7, 11) is 1.65. The molecule has 0 spiro atoms. The molecule has 0 radical (unpaired) electrons. The molecule has 0 bridgehead atoms. The lowest BCUT2D eigenvalue weighted by atomic mass is 11.9. The van der Waals surface area contributed by atoms with E-state index in [2.05, 4.69) is 82.6 Å². The third kappa shape index (κ3) is 7.02. The zero-order valence-electron chi connectivity index (χ0n) is 2.42. The molecule has 0 heterocycles. The van der Waals surface area contributed by atoms with E-state index in [1.807, 2.05) is 0 Å². The summed E-state index contributed by atoms with van der Waals surface area (Å²) < 4.78 is 0.285. The van der Waals surface area contributed by atoms with Gasteiger partial charge in [0.05, 0.1) is 0 Å². The molecule has 0 fully saturated rings. The van der Waals surface area contributed by atoms with Crippen LogP contribution in [-0.2, 0) is 0 Å². The first kappa shape index (κ1) is 9.02. The molecule has 0 rings (SSSR count). The molecule has 0 saturated carbocycles. The molecule has 0 aliphatic carbocycles. The lowest BCUT2D eigenvalue weighted by molar-refractivity contribution is 2.28. The molecule has 0 unspecified atom stereocenters. The average molecular weight is 505 g/mol. The SMILES string of the molecule is BrSC(I)(I)I. The normalized spacial score (nSPS) is 12.0. The molecule has 0 N–H and O–H groups in total. The van der Waals surface area contributed by atoms with Crippen LogP contribution in [0.4, 0.5) is 0 Å². The van der Waals surface area contributed by atoms with Crippen LogP contribution in [0.1, 0.15) is 0 Å². The summed E-state index contributed by atoms with van der Waals surface area (Å²) in [5.41, 5.74) is 0. The minimum Gasteiger partial charge on any atom is -0.0443 e. The molecule has 38 valence electrons. The van der Waals surface area contributed by atoms with Gasteiger partial charge < -0.3 is 0 Å². The summed E-state index contributed by atoms with van der Waals surface area (Å²) in [4.78, 5) is 0. The zero-order chi connectivity index (χ0) is 5.21. The number of hydrogen-bond donors (Lipinski definition) is 0. The second-order valence-corrected chi connectivity index (χ2v) is 15.5. The molecule has 0 aromatic carbocycles. The van der Waals surface area contributed by atoms with E-state index < -0.39 is 0 Å². The zero-order valence-corrected chi connectivity index (χ0v) is 11.3. The minimum absolute atomic E-state index is 0.285. The van der Waals surface area contributed by atoms with Crippen LogP contribution in [0.15, 0.2) is 0 Å². The Morgan fingerprint density at radius 2 is 1.50 bits per heavy atom. The predicted molar refractivity (Wildman–Crippen MR) is 61.3 cm³/mol. The first-order valence-electron chi connectivity index (χ1n) is 0.925. The van der Waals surface area contributed by atoms with Gasteiger partial charge in [0.1, 0.15) is 0 Å². The van der Waals surface area contributed by atoms with Crippen LogP contribution in [0.3, 0.4) is 0 Å². The largest absolute Gasteiger partial charge is 0.179 e. The maximum absolute atomic E-state index is 3.26. The van der Waals surface area contributed by atoms with Gasteiger partial charge in [0.2, 0.25) is 0 Å². The van der Waals surface area contributed by atoms with Crippen molar-refractivity contribution in [3.05, 3.63) is 0 Å². The highest BCUT2D eigenvalue weighted by Gasteiger charge is 2.14. The monoisotopic (exact) mass is 504 g/mol. The van der Waals surface area contributed by atoms with Gasteiger partial charge >= 0.3 is 0 Å². The number of rotatable bonds is 1. The number of hydrogen-bond acceptors (Lipinski definition) is 1. The Balaban J connectivity index is 3.17. The fourth-order valence-electron chi connectivity index (χ4n) is 0. The smallest absolute Gasteiger partial charge is 0.0443 e. The van der Waals surface area contributed by atoms with Crippen LogP contribution in [0, 0.1) is 0 Å². The maximum atomic E-state index is 3.26. The molecule has 5 heteroatoms. The van der Waals surface area contributed by atoms with Crippen molar-refractivity contribution in [2.45, 2.75) is -1.23 Å². The molecule has 0 atom stereocenters. The second kappa shape index (κ2) is 3.94. The van der Waals surface area contributed by atoms with Crippen LogP contribution in [0.25, 0.3) is 0 Å². The maximum Gasteiger partial charge on any atom is 0.179 e. The van der Waals surface area contributed by atoms with E-state index in [0.717, 1.165) is 0 Å². The van der Waals surface area contributed by atoms with E-state index in [4.69, 9.17) is 0 Å². The highest BCUT2D eigenvalue weighted by Crippen LogP contribution is 2.49. The van der Waals surface area contributed by atoms with Gasteiger partial charge in [-0.25, -0.2) is 0 Å². The van der Waals surface area contributed by atoms with Gasteiger partial charge in [0.25, 0.3) is 0 Å². The lowest BCUT2D eigenvalue weighted by Gasteiger charge is -2.02. The summed E-state index contributed by atoms with van der Waals surface area (Å²) in [6.45, 7) is 0. The molecular formula is CBrI3S. The Morgan fingerprint density at radius 1 is 1.33 bits per heavy atom. The van der Waals surface area contributed by atoms with Gasteiger partial charge in [-0.2, -0.15) is 0 Å². The van der Waals surface area contributed by atoms with E-state index in [9.17, 15) is 0 Å². The summed E-state index contributed by atoms with van der Waals surface area (Å²) in [5.74, 6) is 0. The third-order valence-electron chi connectivity index (χ3n) is 0.0875. The van der Waals surface area contributed by atoms with Gasteiger partial charge in [-0.3, -0.25) is 0 Å². The van der Waals surface area contributed by atoms with Crippen molar-refractivity contribution in [2.75, 3.05) is 0 Å². The van der Waals surface area contributed by atoms with Crippen molar-refractivity contribution >= 4 is 92.8 Å². The molecule has 0 aromatic heterocycles. The van der Waals surface area contributed by atoms with E-state index in [-0.39, 0.29) is -1.23 Å². The second-order valence-electron chi connectivity index (χ2n) is 0.523. The number of halogens is 4. The lowest BCUT2D eigenvalue weighted by Crippen LogP contribution is -1.80. The van der Waals surface area contributed by atoms with E-state index in [1.165, 1.54) is 0 Å². The Morgan fingerprint density at radius 3 is 1.50 bits per heavy atom. The van der Waals surface area contributed by atoms with Gasteiger partial charge in [-0.1, -0.05) is 0 Å². The molecule has 0 aliphatic heterocycles. The average Bonchev–Trinajstić information content (AvgIpc) is 1.35. The fourth-order valence-corrected chi connectivity index (χ4v) is 0. The highest BCUT2D eigenvalue weighted by molar-refractivity contribution is 14.3. The van der Waals surface area contributed by atoms with Crippen LogP contribution in [0.5, 0.6) is 0 Å². The summed E-state index contributed by atoms with van der Waals surface area (Å²) in [6.07, 6.45) is 0. The van der Waals surface area contributed by atoms with E-state index in [0.29, 0.717) is 0 Å². The Kier molecular flexibility index (Phi) is 5.92. The van der Waals surface area contributed by atoms with Gasteiger partial charge in [-0.05, 0) is 92.8 Å². The Bertz CT molecular complexity index is 40.5. The molecule has 0 aliphatic rings. The molecular weight excluding hydrogens is 505 g/mol. The Labute approximate surface area is 89.6 Å². The molecule has 0 saturated heterocycles.